The van der Waals surface area contributed by atoms with Crippen molar-refractivity contribution in [3.05, 3.63) is 28.8 Å². The molecule has 2 fully saturated rings. The van der Waals surface area contributed by atoms with Gasteiger partial charge >= 0.3 is 0 Å². The van der Waals surface area contributed by atoms with E-state index >= 15 is 0 Å². The van der Waals surface area contributed by atoms with Crippen LogP contribution in [0.1, 0.15) is 47.2 Å². The van der Waals surface area contributed by atoms with Crippen molar-refractivity contribution in [2.45, 2.75) is 49.2 Å². The third kappa shape index (κ3) is 2.38. The van der Waals surface area contributed by atoms with E-state index in [1.54, 1.807) is 6.07 Å². The van der Waals surface area contributed by atoms with Crippen molar-refractivity contribution in [3.8, 4) is 5.75 Å². The van der Waals surface area contributed by atoms with Gasteiger partial charge in [0.05, 0.1) is 26.2 Å². The Labute approximate surface area is 178 Å². The van der Waals surface area contributed by atoms with E-state index in [-0.39, 0.29) is 62.3 Å². The van der Waals surface area contributed by atoms with Gasteiger partial charge in [-0.2, -0.15) is 0 Å². The summed E-state index contributed by atoms with van der Waals surface area (Å²) >= 11 is 0. The van der Waals surface area contributed by atoms with Crippen LogP contribution in [0.3, 0.4) is 0 Å². The summed E-state index contributed by atoms with van der Waals surface area (Å²) in [7, 11) is 4.23. The number of Topliss-reactive ketones (excluding diaryl/α,β-unsaturated/α-hetero) is 1. The summed E-state index contributed by atoms with van der Waals surface area (Å²) in [5, 5.41) is 22.7. The van der Waals surface area contributed by atoms with Gasteiger partial charge < -0.3 is 20.4 Å². The number of likely N-dealkylation sites (N-methyl/N-ethyl adjacent to an activating group) is 1. The molecule has 7 heteroatoms. The van der Waals surface area contributed by atoms with Gasteiger partial charge in [-0.3, -0.25) is 9.59 Å². The summed E-state index contributed by atoms with van der Waals surface area (Å²) < 4.78 is 0.685. The zero-order valence-electron chi connectivity index (χ0n) is 15.3. The molecule has 26 heavy (non-hydrogen) atoms. The van der Waals surface area contributed by atoms with Crippen molar-refractivity contribution < 1.29 is 57.0 Å². The maximum atomic E-state index is 12.4. The first-order chi connectivity index (χ1) is 11.6. The van der Waals surface area contributed by atoms with E-state index in [0.717, 1.165) is 12.1 Å². The van der Waals surface area contributed by atoms with Crippen LogP contribution >= 0.6 is 0 Å². The molecule has 1 aromatic rings. The van der Waals surface area contributed by atoms with Gasteiger partial charge in [0.2, 0.25) is 0 Å². The van der Waals surface area contributed by atoms with Gasteiger partial charge in [0.15, 0.2) is 0 Å². The fourth-order valence-corrected chi connectivity index (χ4v) is 5.74. The summed E-state index contributed by atoms with van der Waals surface area (Å²) in [6.07, 6.45) is 2.18. The van der Waals surface area contributed by atoms with Crippen molar-refractivity contribution >= 4 is 11.7 Å². The van der Waals surface area contributed by atoms with E-state index in [2.05, 4.69) is 14.1 Å². The molecule has 2 aliphatic carbocycles. The number of amides is 1. The maximum absolute atomic E-state index is 12.4. The average molecular weight is 434 g/mol. The van der Waals surface area contributed by atoms with Crippen LogP contribution < -0.4 is 5.73 Å². The smallest absolute Gasteiger partial charge is 0.252 e. The molecule has 4 rings (SSSR count). The van der Waals surface area contributed by atoms with E-state index in [0.29, 0.717) is 35.7 Å². The SMILES string of the molecule is C[N+]1(C)CC[C@]23CC(=O)CC[C@@]2(O)[C@H]1Cc1ccc(C(N)=O)c(O)c13.[Y]. The first-order valence-electron chi connectivity index (χ1n) is 8.84. The molecule has 1 heterocycles. The number of benzene rings is 1. The summed E-state index contributed by atoms with van der Waals surface area (Å²) in [6.45, 7) is 0.805. The van der Waals surface area contributed by atoms with Gasteiger partial charge in [0.25, 0.3) is 5.91 Å². The van der Waals surface area contributed by atoms with E-state index in [1.165, 1.54) is 0 Å². The standard InChI is InChI=1S/C19H24N2O4.Y/c1-21(2)8-7-18-10-12(22)5-6-19(18,25)14(21)9-11-3-4-13(17(20)24)16(23)15(11)18;/h3-4,14,25H,5-10H2,1-2H3,(H2-,20,23,24);/p+1/t14-,18-,19-;/m1./s1. The number of nitrogens with zero attached hydrogens (tertiary/aromatic N) is 1. The summed E-state index contributed by atoms with van der Waals surface area (Å²) in [5.74, 6) is -0.743. The van der Waals surface area contributed by atoms with Crippen LogP contribution in [0.15, 0.2) is 12.1 Å². The number of fused-ring (bicyclic) bond motifs is 1. The Morgan fingerprint density at radius 3 is 2.65 bits per heavy atom. The second-order valence-corrected chi connectivity index (χ2v) is 8.55. The molecular formula is C19H25N2O4Y+. The fourth-order valence-electron chi connectivity index (χ4n) is 5.74. The Morgan fingerprint density at radius 2 is 2.00 bits per heavy atom. The third-order valence-electron chi connectivity index (χ3n) is 7.04. The molecule has 137 valence electrons. The molecule has 3 aliphatic rings. The number of aliphatic hydroxyl groups is 1. The minimum atomic E-state index is -1.07. The number of piperidine rings is 1. The van der Waals surface area contributed by atoms with Crippen LogP contribution in [-0.4, -0.2) is 58.7 Å². The largest absolute Gasteiger partial charge is 0.507 e. The number of primary amides is 1. The zero-order valence-corrected chi connectivity index (χ0v) is 18.1. The van der Waals surface area contributed by atoms with Crippen LogP contribution in [0, 0.1) is 0 Å². The molecule has 0 aromatic heterocycles. The van der Waals surface area contributed by atoms with Gasteiger partial charge in [0.1, 0.15) is 23.2 Å². The number of quaternary nitrogens is 1. The quantitative estimate of drug-likeness (QED) is 0.564. The minimum Gasteiger partial charge on any atom is -0.507 e. The molecule has 1 saturated heterocycles. The van der Waals surface area contributed by atoms with Crippen molar-refractivity contribution in [2.24, 2.45) is 5.73 Å². The Bertz CT molecular complexity index is 809. The number of hydrogen-bond donors (Lipinski definition) is 3. The molecule has 3 atom stereocenters. The van der Waals surface area contributed by atoms with Crippen molar-refractivity contribution in [3.63, 3.8) is 0 Å². The third-order valence-corrected chi connectivity index (χ3v) is 7.04. The second-order valence-electron chi connectivity index (χ2n) is 8.55. The van der Waals surface area contributed by atoms with E-state index in [1.807, 2.05) is 6.07 Å². The van der Waals surface area contributed by atoms with Crippen LogP contribution in [0.5, 0.6) is 5.75 Å². The maximum Gasteiger partial charge on any atom is 0.252 e. The van der Waals surface area contributed by atoms with Crippen LogP contribution in [0.25, 0.3) is 0 Å². The predicted molar refractivity (Wildman–Crippen MR) is 91.2 cm³/mol. The number of ketones is 1. The summed E-state index contributed by atoms with van der Waals surface area (Å²) in [6, 6.07) is 3.34. The fraction of sp³-hybridized carbons (Fsp3) is 0.579. The first-order valence-corrected chi connectivity index (χ1v) is 8.84. The van der Waals surface area contributed by atoms with Crippen LogP contribution in [-0.2, 0) is 49.3 Å². The van der Waals surface area contributed by atoms with Crippen LogP contribution in [0.2, 0.25) is 0 Å². The first kappa shape index (κ1) is 19.9. The number of likely N-dealkylation sites (tertiary alicyclic amines) is 1. The number of carbonyl (C=O) groups excluding carboxylic acids is 2. The molecule has 1 aliphatic heterocycles. The second kappa shape index (κ2) is 6.09. The minimum absolute atomic E-state index is 0. The Balaban J connectivity index is 0.00000196. The molecule has 1 radical (unpaired) electrons. The number of nitrogens with two attached hydrogens (primary N) is 1. The van der Waals surface area contributed by atoms with Gasteiger partial charge in [-0.15, -0.1) is 0 Å². The number of phenols is 1. The molecular weight excluding hydrogens is 409 g/mol. The number of aromatic hydroxyl groups is 1. The molecule has 1 aromatic carbocycles. The molecule has 0 spiro atoms. The summed E-state index contributed by atoms with van der Waals surface area (Å²) in [4.78, 5) is 24.1. The predicted octanol–water partition coefficient (Wildman–Crippen LogP) is 0.615. The molecule has 0 unspecified atom stereocenters. The molecule has 6 nitrogen and oxygen atoms in total. The number of hydrogen-bond acceptors (Lipinski definition) is 4. The Morgan fingerprint density at radius 1 is 1.31 bits per heavy atom. The van der Waals surface area contributed by atoms with Gasteiger partial charge in [-0.1, -0.05) is 6.07 Å². The Kier molecular flexibility index (Phi) is 4.67. The van der Waals surface area contributed by atoms with Gasteiger partial charge in [-0.25, -0.2) is 0 Å². The Hall–Kier alpha value is -0.816. The van der Waals surface area contributed by atoms with Crippen molar-refractivity contribution in [2.75, 3.05) is 20.6 Å². The normalized spacial score (nSPS) is 34.3. The van der Waals surface area contributed by atoms with Crippen molar-refractivity contribution in [1.29, 1.82) is 0 Å². The zero-order chi connectivity index (χ0) is 18.2. The topological polar surface area (TPSA) is 101 Å². The molecule has 2 bridgehead atoms. The van der Waals surface area contributed by atoms with Crippen LogP contribution in [0.4, 0.5) is 0 Å². The monoisotopic (exact) mass is 434 g/mol. The van der Waals surface area contributed by atoms with E-state index < -0.39 is 16.9 Å². The van der Waals surface area contributed by atoms with Gasteiger partial charge in [-0.05, 0) is 18.1 Å². The van der Waals surface area contributed by atoms with Gasteiger partial charge in [0, 0.05) is 69.4 Å². The molecule has 1 amide bonds. The van der Waals surface area contributed by atoms with Crippen molar-refractivity contribution in [1.82, 2.24) is 0 Å². The average Bonchev–Trinajstić information content (AvgIpc) is 2.52. The van der Waals surface area contributed by atoms with E-state index in [4.69, 9.17) is 5.73 Å². The molecule has 4 N–H and O–H groups in total. The molecule has 1 saturated carbocycles. The number of carbonyl (C=O) groups is 2. The summed E-state index contributed by atoms with van der Waals surface area (Å²) in [5.41, 5.74) is 5.07. The number of rotatable bonds is 1. The van der Waals surface area contributed by atoms with E-state index in [9.17, 15) is 19.8 Å².